The maximum atomic E-state index is 13.6. The van der Waals surface area contributed by atoms with Crippen molar-refractivity contribution in [3.8, 4) is 11.5 Å². The van der Waals surface area contributed by atoms with Gasteiger partial charge in [-0.3, -0.25) is 4.79 Å². The average molecular weight is 456 g/mol. The lowest BCUT2D eigenvalue weighted by Crippen LogP contribution is -2.55. The minimum atomic E-state index is -4.48. The van der Waals surface area contributed by atoms with Crippen molar-refractivity contribution in [2.45, 2.75) is 36.4 Å². The van der Waals surface area contributed by atoms with Gasteiger partial charge >= 0.3 is 0 Å². The Morgan fingerprint density at radius 3 is 2.20 bits per heavy atom. The van der Waals surface area contributed by atoms with Crippen LogP contribution in [-0.4, -0.2) is 51.0 Å². The van der Waals surface area contributed by atoms with Crippen molar-refractivity contribution < 1.29 is 32.9 Å². The molecule has 0 bridgehead atoms. The van der Waals surface area contributed by atoms with E-state index < -0.39 is 33.6 Å². The summed E-state index contributed by atoms with van der Waals surface area (Å²) in [7, 11) is -1.76. The number of hydrogen-bond donors (Lipinski definition) is 2. The van der Waals surface area contributed by atoms with Gasteiger partial charge < -0.3 is 19.7 Å². The van der Waals surface area contributed by atoms with Gasteiger partial charge in [0.05, 0.1) is 32.1 Å². The van der Waals surface area contributed by atoms with Gasteiger partial charge in [-0.1, -0.05) is 11.6 Å². The van der Waals surface area contributed by atoms with E-state index in [-0.39, 0.29) is 26.9 Å². The number of carbonyl (C=O) groups is 1. The molecule has 8 nitrogen and oxygen atoms in total. The zero-order valence-corrected chi connectivity index (χ0v) is 18.4. The highest BCUT2D eigenvalue weighted by Crippen LogP contribution is 2.50. The number of aliphatic hydroxyl groups is 2. The van der Waals surface area contributed by atoms with E-state index in [4.69, 9.17) is 21.1 Å². The third-order valence-electron chi connectivity index (χ3n) is 5.37. The molecule has 2 aromatic carbocycles. The Labute approximate surface area is 179 Å². The van der Waals surface area contributed by atoms with Gasteiger partial charge in [0, 0.05) is 11.1 Å². The SMILES string of the molecule is COc1ccc(S(=O)(=O)N2C(=O)C(C(C)O)(C(C)O)c3cc(Cl)ccc32)c(OC)c1. The monoisotopic (exact) mass is 455 g/mol. The molecule has 1 amide bonds. The molecule has 162 valence electrons. The number of methoxy groups -OCH3 is 2. The highest BCUT2D eigenvalue weighted by Gasteiger charge is 2.60. The molecule has 0 saturated carbocycles. The molecule has 0 fully saturated rings. The molecule has 2 aromatic rings. The van der Waals surface area contributed by atoms with Crippen LogP contribution in [0.3, 0.4) is 0 Å². The molecular weight excluding hydrogens is 434 g/mol. The first kappa shape index (κ1) is 22.4. The maximum absolute atomic E-state index is 13.6. The minimum absolute atomic E-state index is 0.00377. The number of hydrogen-bond acceptors (Lipinski definition) is 7. The molecule has 0 spiro atoms. The third-order valence-corrected chi connectivity index (χ3v) is 7.34. The summed E-state index contributed by atoms with van der Waals surface area (Å²) in [6, 6.07) is 8.26. The lowest BCUT2D eigenvalue weighted by atomic mass is 9.73. The van der Waals surface area contributed by atoms with Gasteiger partial charge in [-0.2, -0.15) is 0 Å². The normalized spacial score (nSPS) is 20.6. The van der Waals surface area contributed by atoms with Gasteiger partial charge in [-0.05, 0) is 49.7 Å². The number of aliphatic hydroxyl groups excluding tert-OH is 2. The molecular formula is C20H22ClNO7S. The molecule has 2 unspecified atom stereocenters. The van der Waals surface area contributed by atoms with Crippen LogP contribution in [0.5, 0.6) is 11.5 Å². The standard InChI is InChI=1S/C20H22ClNO7S/c1-11(23)20(12(2)24)15-9-13(21)5-7-16(15)22(19(20)25)30(26,27)18-8-6-14(28-3)10-17(18)29-4/h5-12,23-24H,1-4H3. The summed E-state index contributed by atoms with van der Waals surface area (Å²) < 4.78 is 38.1. The predicted octanol–water partition coefficient (Wildman–Crippen LogP) is 2.09. The van der Waals surface area contributed by atoms with E-state index in [1.807, 2.05) is 0 Å². The smallest absolute Gasteiger partial charge is 0.274 e. The Morgan fingerprint density at radius 1 is 1.03 bits per heavy atom. The van der Waals surface area contributed by atoms with Crippen molar-refractivity contribution in [3.05, 3.63) is 47.0 Å². The van der Waals surface area contributed by atoms with Crippen molar-refractivity contribution in [2.24, 2.45) is 0 Å². The van der Waals surface area contributed by atoms with Gasteiger partial charge in [-0.25, -0.2) is 12.7 Å². The lowest BCUT2D eigenvalue weighted by Gasteiger charge is -2.34. The van der Waals surface area contributed by atoms with Crippen molar-refractivity contribution >= 4 is 33.2 Å². The number of fused-ring (bicyclic) bond motifs is 1. The minimum Gasteiger partial charge on any atom is -0.497 e. The summed E-state index contributed by atoms with van der Waals surface area (Å²) in [6.07, 6.45) is -2.81. The van der Waals surface area contributed by atoms with E-state index in [0.717, 1.165) is 0 Å². The summed E-state index contributed by atoms with van der Waals surface area (Å²) in [5.41, 5.74) is -1.78. The van der Waals surface area contributed by atoms with Crippen molar-refractivity contribution in [2.75, 3.05) is 18.5 Å². The molecule has 1 aliphatic heterocycles. The molecule has 2 N–H and O–H groups in total. The van der Waals surface area contributed by atoms with Gasteiger partial charge in [0.25, 0.3) is 15.9 Å². The van der Waals surface area contributed by atoms with E-state index in [1.165, 1.54) is 64.5 Å². The van der Waals surface area contributed by atoms with Crippen LogP contribution in [0.25, 0.3) is 0 Å². The van der Waals surface area contributed by atoms with Crippen molar-refractivity contribution in [3.63, 3.8) is 0 Å². The first-order valence-corrected chi connectivity index (χ1v) is 10.8. The van der Waals surface area contributed by atoms with Crippen LogP contribution in [0.15, 0.2) is 41.3 Å². The molecule has 1 heterocycles. The van der Waals surface area contributed by atoms with Gasteiger partial charge in [0.2, 0.25) is 0 Å². The molecule has 30 heavy (non-hydrogen) atoms. The Kier molecular flexibility index (Phi) is 5.76. The first-order chi connectivity index (χ1) is 14.0. The third kappa shape index (κ3) is 3.04. The number of sulfonamides is 1. The highest BCUT2D eigenvalue weighted by molar-refractivity contribution is 7.93. The fraction of sp³-hybridized carbons (Fsp3) is 0.350. The van der Waals surface area contributed by atoms with E-state index in [1.54, 1.807) is 0 Å². The second kappa shape index (κ2) is 7.73. The fourth-order valence-corrected chi connectivity index (χ4v) is 5.68. The molecule has 0 saturated heterocycles. The van der Waals surface area contributed by atoms with E-state index >= 15 is 0 Å². The number of halogens is 1. The fourth-order valence-electron chi connectivity index (χ4n) is 3.89. The molecule has 2 atom stereocenters. The van der Waals surface area contributed by atoms with Crippen LogP contribution in [0.4, 0.5) is 5.69 Å². The number of rotatable bonds is 6. The van der Waals surface area contributed by atoms with E-state index in [0.29, 0.717) is 10.1 Å². The van der Waals surface area contributed by atoms with Crippen molar-refractivity contribution in [1.29, 1.82) is 0 Å². The second-order valence-electron chi connectivity index (χ2n) is 6.97. The van der Waals surface area contributed by atoms with Crippen LogP contribution in [0.2, 0.25) is 5.02 Å². The maximum Gasteiger partial charge on any atom is 0.274 e. The molecule has 0 radical (unpaired) electrons. The number of benzene rings is 2. The van der Waals surface area contributed by atoms with Crippen LogP contribution < -0.4 is 13.8 Å². The van der Waals surface area contributed by atoms with Crippen LogP contribution >= 0.6 is 11.6 Å². The molecule has 3 rings (SSSR count). The summed E-state index contributed by atoms with van der Waals surface area (Å²) in [5, 5.41) is 21.3. The predicted molar refractivity (Wildman–Crippen MR) is 111 cm³/mol. The van der Waals surface area contributed by atoms with Crippen LogP contribution in [0.1, 0.15) is 19.4 Å². The Balaban J connectivity index is 2.31. The topological polar surface area (TPSA) is 113 Å². The zero-order chi connectivity index (χ0) is 22.4. The second-order valence-corrected chi connectivity index (χ2v) is 9.17. The van der Waals surface area contributed by atoms with Crippen LogP contribution in [0, 0.1) is 0 Å². The van der Waals surface area contributed by atoms with E-state index in [2.05, 4.69) is 0 Å². The summed E-state index contributed by atoms with van der Waals surface area (Å²) in [6.45, 7) is 2.64. The Morgan fingerprint density at radius 2 is 1.67 bits per heavy atom. The summed E-state index contributed by atoms with van der Waals surface area (Å²) in [4.78, 5) is 13.3. The van der Waals surface area contributed by atoms with Gasteiger partial charge in [0.15, 0.2) is 0 Å². The quantitative estimate of drug-likeness (QED) is 0.685. The van der Waals surface area contributed by atoms with Crippen molar-refractivity contribution in [1.82, 2.24) is 0 Å². The Bertz CT molecular complexity index is 1090. The molecule has 1 aliphatic rings. The number of ether oxygens (including phenoxy) is 2. The van der Waals surface area contributed by atoms with Crippen LogP contribution in [-0.2, 0) is 20.2 Å². The highest BCUT2D eigenvalue weighted by atomic mass is 35.5. The number of amides is 1. The molecule has 0 aliphatic carbocycles. The zero-order valence-electron chi connectivity index (χ0n) is 16.8. The average Bonchev–Trinajstić information content (AvgIpc) is 2.96. The van der Waals surface area contributed by atoms with E-state index in [9.17, 15) is 23.4 Å². The molecule has 10 heteroatoms. The first-order valence-electron chi connectivity index (χ1n) is 9.01. The number of anilines is 1. The number of carbonyl (C=O) groups excluding carboxylic acids is 1. The largest absolute Gasteiger partial charge is 0.497 e. The summed E-state index contributed by atoms with van der Waals surface area (Å²) >= 11 is 6.09. The number of nitrogens with zero attached hydrogens (tertiary/aromatic N) is 1. The van der Waals surface area contributed by atoms with Gasteiger partial charge in [-0.15, -0.1) is 0 Å². The summed E-state index contributed by atoms with van der Waals surface area (Å²) in [5.74, 6) is -0.639. The van der Waals surface area contributed by atoms with Gasteiger partial charge in [0.1, 0.15) is 21.8 Å². The lowest BCUT2D eigenvalue weighted by molar-refractivity contribution is -0.131. The Hall–Kier alpha value is -2.33. The molecule has 0 aromatic heterocycles.